The lowest BCUT2D eigenvalue weighted by Gasteiger charge is -2.45. The van der Waals surface area contributed by atoms with E-state index in [-0.39, 0.29) is 5.54 Å². The summed E-state index contributed by atoms with van der Waals surface area (Å²) in [6, 6.07) is 0.620. The van der Waals surface area contributed by atoms with Gasteiger partial charge < -0.3 is 9.64 Å². The van der Waals surface area contributed by atoms with Gasteiger partial charge in [-0.2, -0.15) is 0 Å². The van der Waals surface area contributed by atoms with Crippen molar-refractivity contribution in [3.05, 3.63) is 0 Å². The number of rotatable bonds is 3. The van der Waals surface area contributed by atoms with E-state index < -0.39 is 0 Å². The van der Waals surface area contributed by atoms with Crippen LogP contribution in [0.15, 0.2) is 0 Å². The van der Waals surface area contributed by atoms with Crippen molar-refractivity contribution in [3.8, 4) is 0 Å². The van der Waals surface area contributed by atoms with Crippen molar-refractivity contribution in [2.24, 2.45) is 0 Å². The quantitative estimate of drug-likeness (QED) is 0.707. The van der Waals surface area contributed by atoms with Gasteiger partial charge in [0.1, 0.15) is 0 Å². The molecule has 3 nitrogen and oxygen atoms in total. The van der Waals surface area contributed by atoms with Gasteiger partial charge in [-0.3, -0.25) is 4.90 Å². The van der Waals surface area contributed by atoms with E-state index in [1.165, 1.54) is 0 Å². The molecule has 0 saturated carbocycles. The molecule has 0 aliphatic carbocycles. The van der Waals surface area contributed by atoms with Gasteiger partial charge >= 0.3 is 0 Å². The molecule has 1 heterocycles. The smallest absolute Gasteiger partial charge is 0.0880 e. The van der Waals surface area contributed by atoms with Gasteiger partial charge in [-0.05, 0) is 41.8 Å². The molecular formula is C12H26N2O. The zero-order chi connectivity index (χ0) is 11.6. The predicted octanol–water partition coefficient (Wildman–Crippen LogP) is 1.44. The van der Waals surface area contributed by atoms with Crippen molar-refractivity contribution in [1.29, 1.82) is 0 Å². The Morgan fingerprint density at radius 3 is 2.40 bits per heavy atom. The van der Waals surface area contributed by atoms with Gasteiger partial charge in [0.25, 0.3) is 0 Å². The molecule has 1 fully saturated rings. The maximum Gasteiger partial charge on any atom is 0.0880 e. The SMILES string of the molecule is CC(C)N1CCO[C@@H](C(C)(C)N(C)C)C1. The molecule has 0 unspecified atom stereocenters. The van der Waals surface area contributed by atoms with Crippen LogP contribution in [0.2, 0.25) is 0 Å². The van der Waals surface area contributed by atoms with Crippen molar-refractivity contribution in [2.45, 2.75) is 45.4 Å². The molecule has 0 aromatic carbocycles. The van der Waals surface area contributed by atoms with Crippen molar-refractivity contribution < 1.29 is 4.74 Å². The van der Waals surface area contributed by atoms with Gasteiger partial charge in [0.15, 0.2) is 0 Å². The van der Waals surface area contributed by atoms with Crippen LogP contribution >= 0.6 is 0 Å². The molecule has 1 aliphatic rings. The van der Waals surface area contributed by atoms with Crippen LogP contribution in [0.3, 0.4) is 0 Å². The number of morpholine rings is 1. The molecule has 1 aliphatic heterocycles. The molecule has 90 valence electrons. The van der Waals surface area contributed by atoms with Crippen molar-refractivity contribution >= 4 is 0 Å². The average Bonchev–Trinajstić information content (AvgIpc) is 2.17. The lowest BCUT2D eigenvalue weighted by molar-refractivity contribution is -0.0991. The number of likely N-dealkylation sites (N-methyl/N-ethyl adjacent to an activating group) is 1. The molecule has 0 aromatic heterocycles. The van der Waals surface area contributed by atoms with Crippen LogP contribution < -0.4 is 0 Å². The van der Waals surface area contributed by atoms with E-state index >= 15 is 0 Å². The summed E-state index contributed by atoms with van der Waals surface area (Å²) >= 11 is 0. The van der Waals surface area contributed by atoms with E-state index in [2.05, 4.69) is 51.6 Å². The van der Waals surface area contributed by atoms with Crippen LogP contribution in [0.1, 0.15) is 27.7 Å². The van der Waals surface area contributed by atoms with Crippen LogP contribution in [0, 0.1) is 0 Å². The largest absolute Gasteiger partial charge is 0.374 e. The Labute approximate surface area is 94.4 Å². The zero-order valence-electron chi connectivity index (χ0n) is 11.1. The highest BCUT2D eigenvalue weighted by molar-refractivity contribution is 4.91. The van der Waals surface area contributed by atoms with Gasteiger partial charge in [-0.15, -0.1) is 0 Å². The summed E-state index contributed by atoms with van der Waals surface area (Å²) in [6.07, 6.45) is 0.309. The van der Waals surface area contributed by atoms with E-state index in [1.807, 2.05) is 0 Å². The third kappa shape index (κ3) is 2.92. The van der Waals surface area contributed by atoms with Crippen LogP contribution in [0.5, 0.6) is 0 Å². The highest BCUT2D eigenvalue weighted by Gasteiger charge is 2.36. The van der Waals surface area contributed by atoms with Crippen LogP contribution in [-0.4, -0.2) is 61.3 Å². The third-order valence-corrected chi connectivity index (χ3v) is 3.77. The molecule has 0 N–H and O–H groups in total. The molecule has 0 bridgehead atoms. The summed E-state index contributed by atoms with van der Waals surface area (Å²) in [7, 11) is 4.25. The Bertz CT molecular complexity index is 202. The Kier molecular flexibility index (Phi) is 4.15. The predicted molar refractivity (Wildman–Crippen MR) is 64.2 cm³/mol. The Hall–Kier alpha value is -0.120. The molecule has 0 radical (unpaired) electrons. The number of nitrogens with zero attached hydrogens (tertiary/aromatic N) is 2. The fraction of sp³-hybridized carbons (Fsp3) is 1.00. The molecule has 0 spiro atoms. The second kappa shape index (κ2) is 4.81. The standard InChI is InChI=1S/C12H26N2O/c1-10(2)14-7-8-15-11(9-14)12(3,4)13(5)6/h10-11H,7-9H2,1-6H3/t11-/m1/s1. The first-order valence-corrected chi connectivity index (χ1v) is 5.88. The molecule has 3 heteroatoms. The number of hydrogen-bond donors (Lipinski definition) is 0. The first-order chi connectivity index (χ1) is 6.85. The monoisotopic (exact) mass is 214 g/mol. The van der Waals surface area contributed by atoms with Crippen molar-refractivity contribution in [1.82, 2.24) is 9.80 Å². The second-order valence-electron chi connectivity index (χ2n) is 5.50. The van der Waals surface area contributed by atoms with Crippen molar-refractivity contribution in [2.75, 3.05) is 33.8 Å². The molecule has 1 rings (SSSR count). The Morgan fingerprint density at radius 2 is 1.93 bits per heavy atom. The summed E-state index contributed by atoms with van der Waals surface area (Å²) in [6.45, 7) is 12.0. The lowest BCUT2D eigenvalue weighted by atomic mass is 9.94. The van der Waals surface area contributed by atoms with Gasteiger partial charge in [0, 0.05) is 24.7 Å². The minimum absolute atomic E-state index is 0.105. The molecule has 0 aromatic rings. The number of ether oxygens (including phenoxy) is 1. The first-order valence-electron chi connectivity index (χ1n) is 5.88. The van der Waals surface area contributed by atoms with Gasteiger partial charge in [-0.1, -0.05) is 0 Å². The topological polar surface area (TPSA) is 15.7 Å². The Balaban J connectivity index is 2.63. The van der Waals surface area contributed by atoms with Gasteiger partial charge in [-0.25, -0.2) is 0 Å². The highest BCUT2D eigenvalue weighted by Crippen LogP contribution is 2.23. The summed E-state index contributed by atoms with van der Waals surface area (Å²) in [5, 5.41) is 0. The van der Waals surface area contributed by atoms with Crippen LogP contribution in [0.4, 0.5) is 0 Å². The minimum atomic E-state index is 0.105. The summed E-state index contributed by atoms with van der Waals surface area (Å²) in [5.41, 5.74) is 0.105. The van der Waals surface area contributed by atoms with E-state index in [0.29, 0.717) is 12.1 Å². The van der Waals surface area contributed by atoms with E-state index in [9.17, 15) is 0 Å². The number of hydrogen-bond acceptors (Lipinski definition) is 3. The summed E-state index contributed by atoms with van der Waals surface area (Å²) < 4.78 is 5.90. The molecule has 1 saturated heterocycles. The van der Waals surface area contributed by atoms with Crippen LogP contribution in [-0.2, 0) is 4.74 Å². The molecule has 1 atom stereocenters. The minimum Gasteiger partial charge on any atom is -0.374 e. The maximum absolute atomic E-state index is 5.90. The van der Waals surface area contributed by atoms with E-state index in [1.54, 1.807) is 0 Å². The lowest BCUT2D eigenvalue weighted by Crippen LogP contribution is -2.58. The fourth-order valence-electron chi connectivity index (χ4n) is 1.85. The maximum atomic E-state index is 5.90. The molecular weight excluding hydrogens is 188 g/mol. The normalized spacial score (nSPS) is 25.2. The zero-order valence-corrected chi connectivity index (χ0v) is 11.1. The summed E-state index contributed by atoms with van der Waals surface area (Å²) in [5.74, 6) is 0. The Morgan fingerprint density at radius 1 is 1.33 bits per heavy atom. The molecule has 0 amide bonds. The van der Waals surface area contributed by atoms with E-state index in [4.69, 9.17) is 4.74 Å². The molecule has 15 heavy (non-hydrogen) atoms. The average molecular weight is 214 g/mol. The van der Waals surface area contributed by atoms with Crippen molar-refractivity contribution in [3.63, 3.8) is 0 Å². The van der Waals surface area contributed by atoms with Gasteiger partial charge in [0.05, 0.1) is 12.7 Å². The van der Waals surface area contributed by atoms with E-state index in [0.717, 1.165) is 19.7 Å². The third-order valence-electron chi connectivity index (χ3n) is 3.77. The second-order valence-corrected chi connectivity index (χ2v) is 5.50. The van der Waals surface area contributed by atoms with Crippen LogP contribution in [0.25, 0.3) is 0 Å². The first kappa shape index (κ1) is 12.9. The van der Waals surface area contributed by atoms with Gasteiger partial charge in [0.2, 0.25) is 0 Å². The highest BCUT2D eigenvalue weighted by atomic mass is 16.5. The fourth-order valence-corrected chi connectivity index (χ4v) is 1.85. The summed E-state index contributed by atoms with van der Waals surface area (Å²) in [4.78, 5) is 4.75.